The number of hydrogen-bond donors (Lipinski definition) is 1. The summed E-state index contributed by atoms with van der Waals surface area (Å²) in [6.07, 6.45) is 4.09. The molecule has 0 atom stereocenters. The Hall–Kier alpha value is -2.08. The Balaban J connectivity index is 2.03. The fourth-order valence-corrected chi connectivity index (χ4v) is 2.55. The lowest BCUT2D eigenvalue weighted by molar-refractivity contribution is 0.858. The van der Waals surface area contributed by atoms with Crippen molar-refractivity contribution in [3.63, 3.8) is 0 Å². The molecular formula is C14H14N4OS. The van der Waals surface area contributed by atoms with Crippen molar-refractivity contribution < 1.29 is 0 Å². The van der Waals surface area contributed by atoms with Crippen LogP contribution in [0.2, 0.25) is 0 Å². The highest BCUT2D eigenvalue weighted by Gasteiger charge is 2.11. The molecule has 1 N–H and O–H groups in total. The standard InChI is InChI=1S/C14H14N4OS/c1-9-12(7-10-3-5-11(20-2)6-4-10)13(19)18-14(17-9)15-8-16-18/h3-6,8H,7H2,1-2H3,(H,15,16,17). The molecule has 0 amide bonds. The molecule has 0 spiro atoms. The third kappa shape index (κ3) is 2.22. The van der Waals surface area contributed by atoms with E-state index in [4.69, 9.17) is 0 Å². The van der Waals surface area contributed by atoms with Gasteiger partial charge in [-0.1, -0.05) is 12.1 Å². The number of thioether (sulfide) groups is 1. The Morgan fingerprint density at radius 2 is 2.05 bits per heavy atom. The summed E-state index contributed by atoms with van der Waals surface area (Å²) in [5.74, 6) is 0.411. The molecule has 3 aromatic rings. The van der Waals surface area contributed by atoms with Crippen LogP contribution < -0.4 is 5.56 Å². The van der Waals surface area contributed by atoms with E-state index < -0.39 is 0 Å². The number of aromatic nitrogens is 4. The number of nitrogens with one attached hydrogen (secondary N) is 1. The molecule has 20 heavy (non-hydrogen) atoms. The van der Waals surface area contributed by atoms with Crippen LogP contribution in [0.15, 0.2) is 40.3 Å². The summed E-state index contributed by atoms with van der Waals surface area (Å²) in [4.78, 5) is 21.9. The second-order valence-electron chi connectivity index (χ2n) is 4.53. The molecule has 102 valence electrons. The van der Waals surface area contributed by atoms with Crippen molar-refractivity contribution in [2.45, 2.75) is 18.2 Å². The Kier molecular flexibility index (Phi) is 3.31. The second kappa shape index (κ2) is 5.13. The quantitative estimate of drug-likeness (QED) is 0.748. The maximum absolute atomic E-state index is 12.4. The lowest BCUT2D eigenvalue weighted by Crippen LogP contribution is -2.22. The number of benzene rings is 1. The molecule has 2 heterocycles. The molecule has 2 aromatic heterocycles. The van der Waals surface area contributed by atoms with E-state index in [1.54, 1.807) is 11.8 Å². The van der Waals surface area contributed by atoms with Gasteiger partial charge in [0.2, 0.25) is 0 Å². The molecule has 0 bridgehead atoms. The number of rotatable bonds is 3. The third-order valence-electron chi connectivity index (χ3n) is 3.27. The van der Waals surface area contributed by atoms with E-state index in [0.717, 1.165) is 11.3 Å². The molecule has 0 aliphatic carbocycles. The van der Waals surface area contributed by atoms with E-state index in [9.17, 15) is 4.79 Å². The monoisotopic (exact) mass is 286 g/mol. The first kappa shape index (κ1) is 12.9. The second-order valence-corrected chi connectivity index (χ2v) is 5.41. The Morgan fingerprint density at radius 3 is 2.75 bits per heavy atom. The Labute approximate surface area is 120 Å². The van der Waals surface area contributed by atoms with Gasteiger partial charge in [-0.3, -0.25) is 9.89 Å². The van der Waals surface area contributed by atoms with Gasteiger partial charge in [0.15, 0.2) is 0 Å². The predicted octanol–water partition coefficient (Wildman–Crippen LogP) is 2.04. The van der Waals surface area contributed by atoms with Gasteiger partial charge in [0.1, 0.15) is 6.33 Å². The zero-order valence-electron chi connectivity index (χ0n) is 11.3. The van der Waals surface area contributed by atoms with Crippen molar-refractivity contribution in [2.75, 3.05) is 6.26 Å². The van der Waals surface area contributed by atoms with Gasteiger partial charge in [0.05, 0.1) is 5.69 Å². The highest BCUT2D eigenvalue weighted by Crippen LogP contribution is 2.16. The first-order valence-electron chi connectivity index (χ1n) is 6.23. The lowest BCUT2D eigenvalue weighted by atomic mass is 10.1. The fraction of sp³-hybridized carbons (Fsp3) is 0.214. The van der Waals surface area contributed by atoms with Crippen LogP contribution in [0.5, 0.6) is 0 Å². The van der Waals surface area contributed by atoms with Gasteiger partial charge in [-0.05, 0) is 30.9 Å². The summed E-state index contributed by atoms with van der Waals surface area (Å²) in [7, 11) is 0. The van der Waals surface area contributed by atoms with Gasteiger partial charge < -0.3 is 0 Å². The molecule has 6 heteroatoms. The maximum atomic E-state index is 12.4. The highest BCUT2D eigenvalue weighted by atomic mass is 32.2. The van der Waals surface area contributed by atoms with E-state index in [0.29, 0.717) is 17.8 Å². The largest absolute Gasteiger partial charge is 0.278 e. The molecule has 1 aromatic carbocycles. The topological polar surface area (TPSA) is 63.1 Å². The number of H-pyrrole nitrogens is 1. The van der Waals surface area contributed by atoms with Crippen LogP contribution in [0.3, 0.4) is 0 Å². The third-order valence-corrected chi connectivity index (χ3v) is 4.02. The molecule has 5 nitrogen and oxygen atoms in total. The molecule has 0 saturated heterocycles. The summed E-state index contributed by atoms with van der Waals surface area (Å²) in [6.45, 7) is 1.85. The van der Waals surface area contributed by atoms with Crippen LogP contribution in [0.25, 0.3) is 5.78 Å². The van der Waals surface area contributed by atoms with Crippen LogP contribution in [-0.4, -0.2) is 25.8 Å². The van der Waals surface area contributed by atoms with Gasteiger partial charge in [0, 0.05) is 16.9 Å². The van der Waals surface area contributed by atoms with Crippen LogP contribution in [0.4, 0.5) is 0 Å². The van der Waals surface area contributed by atoms with Crippen molar-refractivity contribution in [3.05, 3.63) is 57.8 Å². The van der Waals surface area contributed by atoms with Gasteiger partial charge >= 0.3 is 0 Å². The van der Waals surface area contributed by atoms with Crippen molar-refractivity contribution in [1.29, 1.82) is 0 Å². The lowest BCUT2D eigenvalue weighted by Gasteiger charge is -2.05. The summed E-state index contributed by atoms with van der Waals surface area (Å²) >= 11 is 1.70. The Bertz CT molecular complexity index is 804. The number of nitrogens with zero attached hydrogens (tertiary/aromatic N) is 3. The minimum atomic E-state index is -0.0843. The zero-order chi connectivity index (χ0) is 14.1. The van der Waals surface area contributed by atoms with Crippen LogP contribution in [-0.2, 0) is 6.42 Å². The number of aryl methyl sites for hydroxylation is 1. The highest BCUT2D eigenvalue weighted by molar-refractivity contribution is 7.98. The normalized spacial score (nSPS) is 11.1. The van der Waals surface area contributed by atoms with E-state index in [-0.39, 0.29) is 5.56 Å². The molecule has 0 aliphatic heterocycles. The van der Waals surface area contributed by atoms with E-state index in [2.05, 4.69) is 27.2 Å². The van der Waals surface area contributed by atoms with Crippen LogP contribution >= 0.6 is 11.8 Å². The van der Waals surface area contributed by atoms with Crippen molar-refractivity contribution in [1.82, 2.24) is 19.6 Å². The molecule has 3 rings (SSSR count). The smallest absolute Gasteiger partial charge is 0.277 e. The van der Waals surface area contributed by atoms with E-state index in [1.165, 1.54) is 15.7 Å². The number of fused-ring (bicyclic) bond motifs is 1. The van der Waals surface area contributed by atoms with Crippen molar-refractivity contribution in [2.24, 2.45) is 0 Å². The molecule has 0 saturated carbocycles. The van der Waals surface area contributed by atoms with Crippen molar-refractivity contribution in [3.8, 4) is 0 Å². The average molecular weight is 286 g/mol. The first-order valence-corrected chi connectivity index (χ1v) is 7.46. The first-order chi connectivity index (χ1) is 9.69. The summed E-state index contributed by atoms with van der Waals surface area (Å²) in [5, 5.41) is 2.79. The minimum absolute atomic E-state index is 0.0843. The van der Waals surface area contributed by atoms with Crippen LogP contribution in [0.1, 0.15) is 16.8 Å². The maximum Gasteiger partial charge on any atom is 0.277 e. The van der Waals surface area contributed by atoms with Gasteiger partial charge in [-0.25, -0.2) is 9.97 Å². The summed E-state index contributed by atoms with van der Waals surface area (Å²) in [6, 6.07) is 8.23. The average Bonchev–Trinajstić information content (AvgIpc) is 2.92. The summed E-state index contributed by atoms with van der Waals surface area (Å²) in [5.41, 5.74) is 2.45. The van der Waals surface area contributed by atoms with Gasteiger partial charge in [-0.2, -0.15) is 4.52 Å². The molecule has 0 unspecified atom stereocenters. The number of hydrogen-bond acceptors (Lipinski definition) is 4. The van der Waals surface area contributed by atoms with E-state index in [1.807, 2.05) is 25.3 Å². The molecule has 0 aliphatic rings. The Morgan fingerprint density at radius 1 is 1.30 bits per heavy atom. The van der Waals surface area contributed by atoms with Gasteiger partial charge in [0.25, 0.3) is 11.3 Å². The zero-order valence-corrected chi connectivity index (χ0v) is 12.1. The molecule has 0 fully saturated rings. The minimum Gasteiger partial charge on any atom is -0.278 e. The number of aromatic amines is 1. The van der Waals surface area contributed by atoms with Crippen molar-refractivity contribution >= 4 is 17.5 Å². The van der Waals surface area contributed by atoms with E-state index >= 15 is 0 Å². The van der Waals surface area contributed by atoms with Gasteiger partial charge in [-0.15, -0.1) is 11.8 Å². The fourth-order valence-electron chi connectivity index (χ4n) is 2.15. The predicted molar refractivity (Wildman–Crippen MR) is 79.4 cm³/mol. The SMILES string of the molecule is CSc1ccc(Cc2c(C)nc3nc[nH]n3c2=O)cc1. The van der Waals surface area contributed by atoms with Crippen LogP contribution in [0, 0.1) is 6.92 Å². The molecular weight excluding hydrogens is 272 g/mol. The summed E-state index contributed by atoms with van der Waals surface area (Å²) < 4.78 is 1.37. The molecule has 0 radical (unpaired) electrons.